The summed E-state index contributed by atoms with van der Waals surface area (Å²) in [7, 11) is 0. The maximum Gasteiger partial charge on any atom is 0.242 e. The number of hydrogen-bond acceptors (Lipinski definition) is 4. The van der Waals surface area contributed by atoms with Gasteiger partial charge < -0.3 is 11.1 Å². The Hall–Kier alpha value is -0.520. The normalized spacial score (nSPS) is 25.8. The molecule has 2 rings (SSSR count). The number of thioether (sulfide) groups is 1. The van der Waals surface area contributed by atoms with Gasteiger partial charge in [-0.1, -0.05) is 12.5 Å². The second-order valence-electron chi connectivity index (χ2n) is 4.31. The number of carbonyl (C=O) groups excluding carboxylic acids is 1. The number of nitrogens with two attached hydrogens (primary N) is 1. The molecule has 1 aliphatic carbocycles. The van der Waals surface area contributed by atoms with Crippen LogP contribution < -0.4 is 11.1 Å². The largest absolute Gasteiger partial charge is 0.351 e. The van der Waals surface area contributed by atoms with Crippen molar-refractivity contribution in [3.63, 3.8) is 0 Å². The number of thiophene rings is 1. The Morgan fingerprint density at radius 1 is 1.65 bits per heavy atom. The van der Waals surface area contributed by atoms with Crippen LogP contribution in [0.25, 0.3) is 0 Å². The molecule has 0 aliphatic heterocycles. The van der Waals surface area contributed by atoms with Crippen LogP contribution >= 0.6 is 23.1 Å². The predicted octanol–water partition coefficient (Wildman–Crippen LogP) is 2.15. The molecule has 1 amide bonds. The molecule has 3 unspecified atom stereocenters. The second-order valence-corrected chi connectivity index (χ2v) is 6.37. The van der Waals surface area contributed by atoms with Crippen molar-refractivity contribution >= 4 is 29.0 Å². The zero-order valence-electron chi connectivity index (χ0n) is 9.89. The van der Waals surface area contributed by atoms with E-state index in [9.17, 15) is 4.79 Å². The minimum absolute atomic E-state index is 0.0431. The Morgan fingerprint density at radius 3 is 3.12 bits per heavy atom. The molecule has 1 aliphatic rings. The third kappa shape index (κ3) is 3.03. The van der Waals surface area contributed by atoms with E-state index in [1.165, 1.54) is 24.2 Å². The highest BCUT2D eigenvalue weighted by molar-refractivity contribution is 7.99. The maximum atomic E-state index is 12.0. The molecule has 0 aromatic carbocycles. The number of amides is 1. The summed E-state index contributed by atoms with van der Waals surface area (Å²) in [5.41, 5.74) is 5.94. The van der Waals surface area contributed by atoms with Crippen molar-refractivity contribution in [2.75, 3.05) is 6.26 Å². The lowest BCUT2D eigenvalue weighted by Gasteiger charge is -2.21. The van der Waals surface area contributed by atoms with Gasteiger partial charge in [-0.2, -0.15) is 11.8 Å². The molecule has 0 bridgehead atoms. The van der Waals surface area contributed by atoms with E-state index in [2.05, 4.69) is 11.6 Å². The molecule has 3 N–H and O–H groups in total. The van der Waals surface area contributed by atoms with Crippen LogP contribution in [0.15, 0.2) is 17.5 Å². The fourth-order valence-corrected chi connectivity index (χ4v) is 3.90. The van der Waals surface area contributed by atoms with Crippen LogP contribution in [0.5, 0.6) is 0 Å². The first-order chi connectivity index (χ1) is 8.22. The third-order valence-corrected chi connectivity index (χ3v) is 5.34. The Labute approximate surface area is 110 Å². The SMILES string of the molecule is CSC1CCCC1NC(=O)C(N)c1cccs1. The molecule has 0 spiro atoms. The Bertz CT molecular complexity index is 367. The van der Waals surface area contributed by atoms with Gasteiger partial charge in [-0.25, -0.2) is 0 Å². The van der Waals surface area contributed by atoms with E-state index in [1.807, 2.05) is 29.3 Å². The minimum Gasteiger partial charge on any atom is -0.351 e. The highest BCUT2D eigenvalue weighted by Crippen LogP contribution is 2.29. The zero-order valence-corrected chi connectivity index (χ0v) is 11.5. The highest BCUT2D eigenvalue weighted by atomic mass is 32.2. The first-order valence-corrected chi connectivity index (χ1v) is 8.01. The minimum atomic E-state index is -0.516. The number of nitrogens with one attached hydrogen (secondary N) is 1. The molecule has 3 nitrogen and oxygen atoms in total. The van der Waals surface area contributed by atoms with Crippen LogP contribution in [0.2, 0.25) is 0 Å². The molecule has 1 saturated carbocycles. The second kappa shape index (κ2) is 5.89. The summed E-state index contributed by atoms with van der Waals surface area (Å²) in [6.45, 7) is 0. The average molecular weight is 270 g/mol. The Kier molecular flexibility index (Phi) is 4.48. The lowest BCUT2D eigenvalue weighted by atomic mass is 10.2. The van der Waals surface area contributed by atoms with Gasteiger partial charge in [0, 0.05) is 16.2 Å². The highest BCUT2D eigenvalue weighted by Gasteiger charge is 2.29. The van der Waals surface area contributed by atoms with Crippen LogP contribution in [-0.4, -0.2) is 23.5 Å². The molecule has 5 heteroatoms. The van der Waals surface area contributed by atoms with Crippen LogP contribution in [0.1, 0.15) is 30.2 Å². The molecule has 1 fully saturated rings. The summed E-state index contributed by atoms with van der Waals surface area (Å²) in [6, 6.07) is 3.62. The molecule has 0 saturated heterocycles. The molecule has 17 heavy (non-hydrogen) atoms. The summed E-state index contributed by atoms with van der Waals surface area (Å²) in [6.07, 6.45) is 5.58. The van der Waals surface area contributed by atoms with Crippen molar-refractivity contribution in [1.82, 2.24) is 5.32 Å². The van der Waals surface area contributed by atoms with Crippen molar-refractivity contribution in [2.45, 2.75) is 36.6 Å². The van der Waals surface area contributed by atoms with E-state index in [-0.39, 0.29) is 5.91 Å². The molecular weight excluding hydrogens is 252 g/mol. The van der Waals surface area contributed by atoms with E-state index in [1.54, 1.807) is 0 Å². The van der Waals surface area contributed by atoms with Gasteiger partial charge in [-0.3, -0.25) is 4.79 Å². The summed E-state index contributed by atoms with van der Waals surface area (Å²) in [5.74, 6) is -0.0431. The average Bonchev–Trinajstić information content (AvgIpc) is 2.98. The van der Waals surface area contributed by atoms with E-state index in [0.717, 1.165) is 11.3 Å². The lowest BCUT2D eigenvalue weighted by Crippen LogP contribution is -2.43. The molecular formula is C12H18N2OS2. The number of hydrogen-bond donors (Lipinski definition) is 2. The third-order valence-electron chi connectivity index (χ3n) is 3.22. The number of rotatable bonds is 4. The van der Waals surface area contributed by atoms with Crippen LogP contribution in [0, 0.1) is 0 Å². The fourth-order valence-electron chi connectivity index (χ4n) is 2.24. The van der Waals surface area contributed by atoms with Gasteiger partial charge >= 0.3 is 0 Å². The van der Waals surface area contributed by atoms with Gasteiger partial charge in [0.1, 0.15) is 6.04 Å². The summed E-state index contributed by atoms with van der Waals surface area (Å²) < 4.78 is 0. The van der Waals surface area contributed by atoms with Crippen molar-refractivity contribution in [2.24, 2.45) is 5.73 Å². The molecule has 3 atom stereocenters. The van der Waals surface area contributed by atoms with Crippen molar-refractivity contribution in [3.8, 4) is 0 Å². The Morgan fingerprint density at radius 2 is 2.47 bits per heavy atom. The first-order valence-electron chi connectivity index (χ1n) is 5.84. The lowest BCUT2D eigenvalue weighted by molar-refractivity contribution is -0.123. The topological polar surface area (TPSA) is 55.1 Å². The molecule has 0 radical (unpaired) electrons. The van der Waals surface area contributed by atoms with Gasteiger partial charge in [0.25, 0.3) is 0 Å². The van der Waals surface area contributed by atoms with Crippen LogP contribution in [0.3, 0.4) is 0 Å². The van der Waals surface area contributed by atoms with Crippen LogP contribution in [-0.2, 0) is 4.79 Å². The fraction of sp³-hybridized carbons (Fsp3) is 0.583. The van der Waals surface area contributed by atoms with Crippen molar-refractivity contribution in [3.05, 3.63) is 22.4 Å². The van der Waals surface area contributed by atoms with Gasteiger partial charge in [0.15, 0.2) is 0 Å². The Balaban J connectivity index is 1.92. The van der Waals surface area contributed by atoms with Gasteiger partial charge in [-0.05, 0) is 30.5 Å². The molecule has 1 heterocycles. The number of carbonyl (C=O) groups is 1. The van der Waals surface area contributed by atoms with Gasteiger partial charge in [0.05, 0.1) is 0 Å². The van der Waals surface area contributed by atoms with Crippen molar-refractivity contribution < 1.29 is 4.79 Å². The van der Waals surface area contributed by atoms with Crippen LogP contribution in [0.4, 0.5) is 0 Å². The molecule has 1 aromatic rings. The first kappa shape index (κ1) is 12.9. The van der Waals surface area contributed by atoms with Gasteiger partial charge in [-0.15, -0.1) is 11.3 Å². The predicted molar refractivity (Wildman–Crippen MR) is 74.3 cm³/mol. The van der Waals surface area contributed by atoms with Crippen molar-refractivity contribution in [1.29, 1.82) is 0 Å². The zero-order chi connectivity index (χ0) is 12.3. The smallest absolute Gasteiger partial charge is 0.242 e. The maximum absolute atomic E-state index is 12.0. The summed E-state index contributed by atoms with van der Waals surface area (Å²) >= 11 is 3.37. The molecule has 94 valence electrons. The van der Waals surface area contributed by atoms with E-state index in [4.69, 9.17) is 5.73 Å². The summed E-state index contributed by atoms with van der Waals surface area (Å²) in [4.78, 5) is 13.0. The van der Waals surface area contributed by atoms with E-state index >= 15 is 0 Å². The van der Waals surface area contributed by atoms with E-state index in [0.29, 0.717) is 11.3 Å². The van der Waals surface area contributed by atoms with E-state index < -0.39 is 6.04 Å². The quantitative estimate of drug-likeness (QED) is 0.881. The standard InChI is InChI=1S/C12H18N2OS2/c1-16-9-5-2-4-8(9)14-12(15)11(13)10-6-3-7-17-10/h3,6-9,11H,2,4-5,13H2,1H3,(H,14,15). The monoisotopic (exact) mass is 270 g/mol. The molecule has 1 aromatic heterocycles. The van der Waals surface area contributed by atoms with Gasteiger partial charge in [0.2, 0.25) is 5.91 Å². The summed E-state index contributed by atoms with van der Waals surface area (Å²) in [5, 5.41) is 5.59.